The van der Waals surface area contributed by atoms with Crippen molar-refractivity contribution in [1.82, 2.24) is 15.1 Å². The highest BCUT2D eigenvalue weighted by atomic mass is 79.9. The number of amides is 2. The molecule has 0 saturated carbocycles. The number of likely N-dealkylation sites (N-methyl/N-ethyl adjacent to an activating group) is 1. The number of carbonyl (C=O) groups excluding carboxylic acids is 1. The van der Waals surface area contributed by atoms with Crippen molar-refractivity contribution in [3.05, 3.63) is 27.7 Å². The van der Waals surface area contributed by atoms with Crippen LogP contribution >= 0.6 is 15.9 Å². The summed E-state index contributed by atoms with van der Waals surface area (Å²) in [6.45, 7) is 7.56. The number of nitrogens with one attached hydrogen (secondary N) is 2. The Morgan fingerprint density at radius 1 is 1.35 bits per heavy atom. The zero-order valence-electron chi connectivity index (χ0n) is 15.9. The van der Waals surface area contributed by atoms with Crippen LogP contribution in [-0.4, -0.2) is 61.1 Å². The lowest BCUT2D eigenvalue weighted by molar-refractivity contribution is 0.108. The fourth-order valence-corrected chi connectivity index (χ4v) is 5.74. The molecule has 6 heteroatoms. The Bertz CT molecular complexity index is 705. The highest BCUT2D eigenvalue weighted by Crippen LogP contribution is 2.50. The van der Waals surface area contributed by atoms with Gasteiger partial charge in [-0.15, -0.1) is 0 Å². The minimum absolute atomic E-state index is 0.0710. The van der Waals surface area contributed by atoms with Crippen molar-refractivity contribution in [3.8, 4) is 0 Å². The minimum Gasteiger partial charge on any atom is -0.384 e. The Kier molecular flexibility index (Phi) is 4.90. The van der Waals surface area contributed by atoms with Crippen LogP contribution in [-0.2, 0) is 0 Å². The first-order valence-corrected chi connectivity index (χ1v) is 10.6. The number of halogens is 1. The first-order chi connectivity index (χ1) is 12.5. The standard InChI is InChI=1S/C20H29BrN4O/c1-4-25(5-2)20(26)23-14-9-15-16-7-13(21)8-17-19(16)12(10-22-17)6-18(15)24(3)11-14/h7-8,12,14-15,18,22H,4-6,9-11H2,1-3H3,(H,23,26)/t12?,14-,15?,18+/m0/s1. The lowest BCUT2D eigenvalue weighted by Crippen LogP contribution is -2.56. The summed E-state index contributed by atoms with van der Waals surface area (Å²) in [4.78, 5) is 16.9. The normalized spacial score (nSPS) is 29.5. The molecular formula is C20H29BrN4O. The van der Waals surface area contributed by atoms with Crippen molar-refractivity contribution in [3.63, 3.8) is 0 Å². The largest absolute Gasteiger partial charge is 0.384 e. The molecule has 0 radical (unpaired) electrons. The summed E-state index contributed by atoms with van der Waals surface area (Å²) in [5.41, 5.74) is 4.31. The maximum absolute atomic E-state index is 12.5. The van der Waals surface area contributed by atoms with E-state index in [0.29, 0.717) is 17.9 Å². The van der Waals surface area contributed by atoms with Gasteiger partial charge < -0.3 is 20.4 Å². The molecule has 2 heterocycles. The maximum atomic E-state index is 12.5. The number of likely N-dealkylation sites (tertiary alicyclic amines) is 1. The number of hydrogen-bond acceptors (Lipinski definition) is 3. The first-order valence-electron chi connectivity index (χ1n) is 9.84. The van der Waals surface area contributed by atoms with E-state index in [9.17, 15) is 4.79 Å². The summed E-state index contributed by atoms with van der Waals surface area (Å²) >= 11 is 3.70. The number of hydrogen-bond donors (Lipinski definition) is 2. The monoisotopic (exact) mass is 420 g/mol. The molecular weight excluding hydrogens is 392 g/mol. The molecule has 2 N–H and O–H groups in total. The maximum Gasteiger partial charge on any atom is 0.317 e. The van der Waals surface area contributed by atoms with Gasteiger partial charge in [0, 0.05) is 60.3 Å². The predicted octanol–water partition coefficient (Wildman–Crippen LogP) is 3.57. The van der Waals surface area contributed by atoms with Crippen LogP contribution in [0.15, 0.2) is 16.6 Å². The lowest BCUT2D eigenvalue weighted by atomic mass is 9.70. The molecule has 0 bridgehead atoms. The van der Waals surface area contributed by atoms with Crippen LogP contribution in [0.3, 0.4) is 0 Å². The fourth-order valence-electron chi connectivity index (χ4n) is 5.26. The van der Waals surface area contributed by atoms with Crippen molar-refractivity contribution >= 4 is 27.6 Å². The molecule has 3 aliphatic rings. The van der Waals surface area contributed by atoms with Gasteiger partial charge in [-0.1, -0.05) is 15.9 Å². The molecule has 4 atom stereocenters. The Balaban J connectivity index is 1.59. The van der Waals surface area contributed by atoms with E-state index in [2.05, 4.69) is 50.6 Å². The molecule has 26 heavy (non-hydrogen) atoms. The van der Waals surface area contributed by atoms with E-state index >= 15 is 0 Å². The second-order valence-corrected chi connectivity index (χ2v) is 8.85. The molecule has 4 rings (SSSR count). The second-order valence-electron chi connectivity index (χ2n) is 7.94. The summed E-state index contributed by atoms with van der Waals surface area (Å²) in [7, 11) is 2.22. The number of fused-ring (bicyclic) bond motifs is 2. The predicted molar refractivity (Wildman–Crippen MR) is 109 cm³/mol. The molecule has 0 spiro atoms. The van der Waals surface area contributed by atoms with E-state index in [1.54, 1.807) is 0 Å². The van der Waals surface area contributed by atoms with Crippen LogP contribution in [0.4, 0.5) is 10.5 Å². The average molecular weight is 421 g/mol. The average Bonchev–Trinajstić information content (AvgIpc) is 3.00. The van der Waals surface area contributed by atoms with Gasteiger partial charge in [0.2, 0.25) is 0 Å². The number of rotatable bonds is 3. The Hall–Kier alpha value is -1.27. The van der Waals surface area contributed by atoms with Crippen molar-refractivity contribution < 1.29 is 4.79 Å². The summed E-state index contributed by atoms with van der Waals surface area (Å²) in [6, 6.07) is 5.37. The molecule has 2 unspecified atom stereocenters. The van der Waals surface area contributed by atoms with Gasteiger partial charge in [-0.3, -0.25) is 0 Å². The van der Waals surface area contributed by atoms with Crippen molar-refractivity contribution in [2.45, 2.75) is 50.6 Å². The van der Waals surface area contributed by atoms with Gasteiger partial charge in [-0.05, 0) is 57.0 Å². The number of urea groups is 1. The van der Waals surface area contributed by atoms with E-state index in [1.807, 2.05) is 18.7 Å². The third kappa shape index (κ3) is 3.01. The van der Waals surface area contributed by atoms with Crippen molar-refractivity contribution in [2.75, 3.05) is 38.5 Å². The molecule has 1 aromatic carbocycles. The number of nitrogens with zero attached hydrogens (tertiary/aromatic N) is 2. The van der Waals surface area contributed by atoms with Gasteiger partial charge in [0.25, 0.3) is 0 Å². The van der Waals surface area contributed by atoms with Crippen LogP contribution in [0.25, 0.3) is 0 Å². The Morgan fingerprint density at radius 3 is 2.85 bits per heavy atom. The SMILES string of the molecule is CCN(CC)C(=O)N[C@H]1CC2c3cc(Br)cc4c3C(CN4)C[C@H]2N(C)C1. The number of piperidine rings is 1. The third-order valence-electron chi connectivity index (χ3n) is 6.51. The number of anilines is 1. The first kappa shape index (κ1) is 18.1. The third-order valence-corrected chi connectivity index (χ3v) is 6.96. The Labute approximate surface area is 164 Å². The Morgan fingerprint density at radius 2 is 2.12 bits per heavy atom. The molecule has 1 aliphatic carbocycles. The topological polar surface area (TPSA) is 47.6 Å². The number of carbonyl (C=O) groups is 1. The highest BCUT2D eigenvalue weighted by Gasteiger charge is 2.44. The van der Waals surface area contributed by atoms with Crippen LogP contribution in [0.2, 0.25) is 0 Å². The van der Waals surface area contributed by atoms with Crippen LogP contribution in [0.5, 0.6) is 0 Å². The fraction of sp³-hybridized carbons (Fsp3) is 0.650. The van der Waals surface area contributed by atoms with Crippen LogP contribution in [0, 0.1) is 0 Å². The smallest absolute Gasteiger partial charge is 0.317 e. The second kappa shape index (κ2) is 7.04. The zero-order chi connectivity index (χ0) is 18.4. The molecule has 1 fully saturated rings. The summed E-state index contributed by atoms with van der Waals surface area (Å²) in [5.74, 6) is 1.11. The molecule has 0 aromatic heterocycles. The van der Waals surface area contributed by atoms with E-state index in [-0.39, 0.29) is 12.1 Å². The molecule has 5 nitrogen and oxygen atoms in total. The van der Waals surface area contributed by atoms with E-state index in [4.69, 9.17) is 0 Å². The molecule has 1 saturated heterocycles. The van der Waals surface area contributed by atoms with Gasteiger partial charge in [0.15, 0.2) is 0 Å². The number of benzene rings is 1. The molecule has 2 amide bonds. The summed E-state index contributed by atoms with van der Waals surface area (Å²) < 4.78 is 1.15. The highest BCUT2D eigenvalue weighted by molar-refractivity contribution is 9.10. The van der Waals surface area contributed by atoms with Gasteiger partial charge in [0.1, 0.15) is 0 Å². The minimum atomic E-state index is 0.0710. The van der Waals surface area contributed by atoms with Gasteiger partial charge in [-0.2, -0.15) is 0 Å². The van der Waals surface area contributed by atoms with Crippen LogP contribution in [0.1, 0.15) is 49.7 Å². The van der Waals surface area contributed by atoms with Crippen molar-refractivity contribution in [1.29, 1.82) is 0 Å². The van der Waals surface area contributed by atoms with E-state index in [0.717, 1.165) is 37.1 Å². The van der Waals surface area contributed by atoms with Gasteiger partial charge in [-0.25, -0.2) is 4.79 Å². The summed E-state index contributed by atoms with van der Waals surface area (Å²) in [5, 5.41) is 6.89. The van der Waals surface area contributed by atoms with Gasteiger partial charge in [0.05, 0.1) is 0 Å². The quantitative estimate of drug-likeness (QED) is 0.785. The zero-order valence-corrected chi connectivity index (χ0v) is 17.5. The molecule has 142 valence electrons. The molecule has 2 aliphatic heterocycles. The van der Waals surface area contributed by atoms with Crippen molar-refractivity contribution in [2.24, 2.45) is 0 Å². The molecule has 1 aromatic rings. The van der Waals surface area contributed by atoms with Gasteiger partial charge >= 0.3 is 6.03 Å². The summed E-state index contributed by atoms with van der Waals surface area (Å²) in [6.07, 6.45) is 2.24. The van der Waals surface area contributed by atoms with E-state index < -0.39 is 0 Å². The lowest BCUT2D eigenvalue weighted by Gasteiger charge is -2.47. The van der Waals surface area contributed by atoms with E-state index in [1.165, 1.54) is 23.2 Å². The van der Waals surface area contributed by atoms with Crippen LogP contribution < -0.4 is 10.6 Å².